The van der Waals surface area contributed by atoms with E-state index in [1.165, 1.54) is 0 Å². The number of halogens is 2. The number of hydrogen-bond acceptors (Lipinski definition) is 2. The summed E-state index contributed by atoms with van der Waals surface area (Å²) in [5.74, 6) is 0. The van der Waals surface area contributed by atoms with Crippen molar-refractivity contribution in [2.24, 2.45) is 0 Å². The molecule has 0 bridgehead atoms. The lowest BCUT2D eigenvalue weighted by Gasteiger charge is -2.05. The SMILES string of the molecule is COCCn1cc(Br)cc(Br)c1=O. The van der Waals surface area contributed by atoms with E-state index in [4.69, 9.17) is 4.74 Å². The number of aromatic nitrogens is 1. The van der Waals surface area contributed by atoms with Crippen molar-refractivity contribution in [3.05, 3.63) is 31.6 Å². The maximum Gasteiger partial charge on any atom is 0.264 e. The van der Waals surface area contributed by atoms with Crippen LogP contribution in [0.15, 0.2) is 26.0 Å². The van der Waals surface area contributed by atoms with E-state index < -0.39 is 0 Å². The molecule has 1 rings (SSSR count). The second-order valence-corrected chi connectivity index (χ2v) is 4.27. The van der Waals surface area contributed by atoms with Gasteiger partial charge in [-0.05, 0) is 37.9 Å². The molecule has 0 saturated heterocycles. The van der Waals surface area contributed by atoms with Gasteiger partial charge < -0.3 is 9.30 Å². The van der Waals surface area contributed by atoms with E-state index in [1.807, 2.05) is 0 Å². The van der Waals surface area contributed by atoms with Crippen LogP contribution in [0.2, 0.25) is 0 Å². The van der Waals surface area contributed by atoms with Gasteiger partial charge in [0.2, 0.25) is 0 Å². The Morgan fingerprint density at radius 1 is 1.54 bits per heavy atom. The van der Waals surface area contributed by atoms with Crippen molar-refractivity contribution in [2.45, 2.75) is 6.54 Å². The Labute approximate surface area is 93.0 Å². The monoisotopic (exact) mass is 309 g/mol. The molecule has 0 atom stereocenters. The van der Waals surface area contributed by atoms with Gasteiger partial charge in [-0.1, -0.05) is 0 Å². The number of methoxy groups -OCH3 is 1. The van der Waals surface area contributed by atoms with Gasteiger partial charge in [-0.15, -0.1) is 0 Å². The van der Waals surface area contributed by atoms with E-state index in [9.17, 15) is 4.79 Å². The molecule has 1 aromatic rings. The summed E-state index contributed by atoms with van der Waals surface area (Å²) in [6.07, 6.45) is 1.74. The minimum Gasteiger partial charge on any atom is -0.383 e. The van der Waals surface area contributed by atoms with Crippen LogP contribution >= 0.6 is 31.9 Å². The fourth-order valence-electron chi connectivity index (χ4n) is 0.920. The predicted molar refractivity (Wildman–Crippen MR) is 58.0 cm³/mol. The van der Waals surface area contributed by atoms with Crippen LogP contribution in [0.3, 0.4) is 0 Å². The zero-order valence-corrected chi connectivity index (χ0v) is 10.3. The summed E-state index contributed by atoms with van der Waals surface area (Å²) in [7, 11) is 1.61. The minimum atomic E-state index is -0.0414. The molecule has 0 amide bonds. The van der Waals surface area contributed by atoms with Gasteiger partial charge in [0, 0.05) is 24.3 Å². The normalized spacial score (nSPS) is 10.4. The van der Waals surface area contributed by atoms with Crippen molar-refractivity contribution in [1.29, 1.82) is 0 Å². The van der Waals surface area contributed by atoms with Gasteiger partial charge in [-0.2, -0.15) is 0 Å². The third-order valence-corrected chi connectivity index (χ3v) is 2.55. The van der Waals surface area contributed by atoms with Crippen molar-refractivity contribution in [2.75, 3.05) is 13.7 Å². The maximum absolute atomic E-state index is 11.5. The number of ether oxygens (including phenoxy) is 1. The topological polar surface area (TPSA) is 31.2 Å². The second-order valence-electron chi connectivity index (χ2n) is 2.50. The van der Waals surface area contributed by atoms with E-state index in [0.717, 1.165) is 4.47 Å². The molecule has 0 unspecified atom stereocenters. The number of nitrogens with zero attached hydrogens (tertiary/aromatic N) is 1. The zero-order valence-electron chi connectivity index (χ0n) is 7.09. The van der Waals surface area contributed by atoms with Gasteiger partial charge in [0.05, 0.1) is 11.1 Å². The van der Waals surface area contributed by atoms with Crippen LogP contribution in [0.1, 0.15) is 0 Å². The number of hydrogen-bond donors (Lipinski definition) is 0. The molecule has 0 aliphatic carbocycles. The molecular formula is C8H9Br2NO2. The highest BCUT2D eigenvalue weighted by molar-refractivity contribution is 9.11. The Kier molecular flexibility index (Phi) is 4.15. The highest BCUT2D eigenvalue weighted by Gasteiger charge is 2.01. The smallest absolute Gasteiger partial charge is 0.264 e. The first-order valence-electron chi connectivity index (χ1n) is 3.69. The molecule has 3 nitrogen and oxygen atoms in total. The van der Waals surface area contributed by atoms with E-state index >= 15 is 0 Å². The highest BCUT2D eigenvalue weighted by atomic mass is 79.9. The molecule has 1 heterocycles. The minimum absolute atomic E-state index is 0.0414. The quantitative estimate of drug-likeness (QED) is 0.855. The third kappa shape index (κ3) is 2.93. The van der Waals surface area contributed by atoms with Crippen molar-refractivity contribution in [3.8, 4) is 0 Å². The maximum atomic E-state index is 11.5. The number of rotatable bonds is 3. The van der Waals surface area contributed by atoms with Crippen molar-refractivity contribution in [3.63, 3.8) is 0 Å². The molecule has 0 aliphatic heterocycles. The van der Waals surface area contributed by atoms with Gasteiger partial charge in [-0.3, -0.25) is 4.79 Å². The van der Waals surface area contributed by atoms with Crippen LogP contribution in [-0.2, 0) is 11.3 Å². The Balaban J connectivity index is 2.99. The van der Waals surface area contributed by atoms with Crippen LogP contribution < -0.4 is 5.56 Å². The summed E-state index contributed by atoms with van der Waals surface area (Å²) in [6.45, 7) is 1.09. The summed E-state index contributed by atoms with van der Waals surface area (Å²) in [5, 5.41) is 0. The lowest BCUT2D eigenvalue weighted by Crippen LogP contribution is -2.22. The van der Waals surface area contributed by atoms with Crippen molar-refractivity contribution < 1.29 is 4.74 Å². The molecule has 1 aromatic heterocycles. The van der Waals surface area contributed by atoms with Crippen LogP contribution in [0.25, 0.3) is 0 Å². The third-order valence-electron chi connectivity index (χ3n) is 1.55. The summed E-state index contributed by atoms with van der Waals surface area (Å²) < 4.78 is 7.91. The largest absolute Gasteiger partial charge is 0.383 e. The molecule has 0 saturated carbocycles. The van der Waals surface area contributed by atoms with Crippen molar-refractivity contribution >= 4 is 31.9 Å². The average Bonchev–Trinajstić information content (AvgIpc) is 2.09. The zero-order chi connectivity index (χ0) is 9.84. The first-order valence-corrected chi connectivity index (χ1v) is 5.28. The summed E-state index contributed by atoms with van der Waals surface area (Å²) in [5.41, 5.74) is -0.0414. The van der Waals surface area contributed by atoms with Gasteiger partial charge in [0.25, 0.3) is 5.56 Å². The lowest BCUT2D eigenvalue weighted by atomic mass is 10.4. The Bertz CT molecular complexity index is 348. The fourth-order valence-corrected chi connectivity index (χ4v) is 2.18. The molecule has 5 heteroatoms. The first kappa shape index (κ1) is 10.9. The molecule has 0 fully saturated rings. The molecule has 0 N–H and O–H groups in total. The predicted octanol–water partition coefficient (Wildman–Crippen LogP) is 2.02. The average molecular weight is 311 g/mol. The molecule has 13 heavy (non-hydrogen) atoms. The molecule has 72 valence electrons. The van der Waals surface area contributed by atoms with Gasteiger partial charge in [-0.25, -0.2) is 0 Å². The Morgan fingerprint density at radius 2 is 2.23 bits per heavy atom. The Morgan fingerprint density at radius 3 is 2.85 bits per heavy atom. The van der Waals surface area contributed by atoms with Crippen molar-refractivity contribution in [1.82, 2.24) is 4.57 Å². The first-order chi connectivity index (χ1) is 6.15. The van der Waals surface area contributed by atoms with E-state index in [-0.39, 0.29) is 5.56 Å². The van der Waals surface area contributed by atoms with Crippen LogP contribution in [0.4, 0.5) is 0 Å². The standard InChI is InChI=1S/C8H9Br2NO2/c1-13-3-2-11-5-6(9)4-7(10)8(11)12/h4-5H,2-3H2,1H3. The highest BCUT2D eigenvalue weighted by Crippen LogP contribution is 2.12. The Hall–Kier alpha value is -0.130. The summed E-state index contributed by atoms with van der Waals surface area (Å²) in [6, 6.07) is 1.73. The van der Waals surface area contributed by atoms with Gasteiger partial charge >= 0.3 is 0 Å². The number of pyridine rings is 1. The molecule has 0 aromatic carbocycles. The van der Waals surface area contributed by atoms with Crippen LogP contribution in [-0.4, -0.2) is 18.3 Å². The van der Waals surface area contributed by atoms with E-state index in [0.29, 0.717) is 17.6 Å². The molecular weight excluding hydrogens is 302 g/mol. The van der Waals surface area contributed by atoms with Gasteiger partial charge in [0.15, 0.2) is 0 Å². The summed E-state index contributed by atoms with van der Waals surface area (Å²) >= 11 is 6.49. The second kappa shape index (κ2) is 4.93. The molecule has 0 spiro atoms. The van der Waals surface area contributed by atoms with Crippen LogP contribution in [0, 0.1) is 0 Å². The lowest BCUT2D eigenvalue weighted by molar-refractivity contribution is 0.186. The van der Waals surface area contributed by atoms with Gasteiger partial charge in [0.1, 0.15) is 0 Å². The summed E-state index contributed by atoms with van der Waals surface area (Å²) in [4.78, 5) is 11.5. The fraction of sp³-hybridized carbons (Fsp3) is 0.375. The van der Waals surface area contributed by atoms with Crippen LogP contribution in [0.5, 0.6) is 0 Å². The molecule has 0 radical (unpaired) electrons. The van der Waals surface area contributed by atoms with E-state index in [1.54, 1.807) is 23.9 Å². The molecule has 0 aliphatic rings. The van der Waals surface area contributed by atoms with E-state index in [2.05, 4.69) is 31.9 Å².